The summed E-state index contributed by atoms with van der Waals surface area (Å²) in [4.78, 5) is 4.09. The van der Waals surface area contributed by atoms with Gasteiger partial charge in [0.05, 0.1) is 0 Å². The van der Waals surface area contributed by atoms with Crippen molar-refractivity contribution in [3.8, 4) is 0 Å². The van der Waals surface area contributed by atoms with E-state index in [1.165, 1.54) is 0 Å². The zero-order valence-corrected chi connectivity index (χ0v) is 14.7. The van der Waals surface area contributed by atoms with Gasteiger partial charge in [0, 0.05) is 30.3 Å². The van der Waals surface area contributed by atoms with E-state index in [2.05, 4.69) is 27.5 Å². The fourth-order valence-corrected chi connectivity index (χ4v) is 2.44. The van der Waals surface area contributed by atoms with Gasteiger partial charge in [-0.25, -0.2) is 0 Å². The largest absolute Gasteiger partial charge is 0.408 e. The minimum Gasteiger partial charge on any atom is -0.408 e. The van der Waals surface area contributed by atoms with Gasteiger partial charge in [-0.3, -0.25) is 0 Å². The van der Waals surface area contributed by atoms with Gasteiger partial charge in [-0.2, -0.15) is 0 Å². The van der Waals surface area contributed by atoms with Crippen LogP contribution in [-0.4, -0.2) is 48.2 Å². The summed E-state index contributed by atoms with van der Waals surface area (Å²) in [6.45, 7) is 2.19. The Morgan fingerprint density at radius 3 is 2.46 bits per heavy atom. The summed E-state index contributed by atoms with van der Waals surface area (Å²) in [5.74, 6) is 0.392. The summed E-state index contributed by atoms with van der Waals surface area (Å²) in [7, 11) is 4.03. The SMILES string of the molecule is CN(C)CCN(Cc1ccccc1)/C(=N/O)Nc1cccc(Cl)c1. The number of benzene rings is 2. The molecule has 0 bridgehead atoms. The summed E-state index contributed by atoms with van der Waals surface area (Å²) in [5.41, 5.74) is 1.92. The van der Waals surface area contributed by atoms with Crippen molar-refractivity contribution in [1.82, 2.24) is 9.80 Å². The van der Waals surface area contributed by atoms with Crippen molar-refractivity contribution in [1.29, 1.82) is 0 Å². The Labute approximate surface area is 148 Å². The third kappa shape index (κ3) is 5.76. The summed E-state index contributed by atoms with van der Waals surface area (Å²) in [6, 6.07) is 17.4. The fraction of sp³-hybridized carbons (Fsp3) is 0.278. The molecule has 5 nitrogen and oxygen atoms in total. The number of anilines is 1. The molecule has 0 aliphatic rings. The van der Waals surface area contributed by atoms with E-state index in [0.29, 0.717) is 17.5 Å². The van der Waals surface area contributed by atoms with Crippen LogP contribution in [0.25, 0.3) is 0 Å². The maximum atomic E-state index is 9.51. The quantitative estimate of drug-likeness (QED) is 0.363. The van der Waals surface area contributed by atoms with Gasteiger partial charge in [0.1, 0.15) is 0 Å². The molecule has 0 aromatic heterocycles. The summed E-state index contributed by atoms with van der Waals surface area (Å²) in [5, 5.41) is 16.7. The Kier molecular flexibility index (Phi) is 6.90. The molecule has 2 N–H and O–H groups in total. The highest BCUT2D eigenvalue weighted by atomic mass is 35.5. The highest BCUT2D eigenvalue weighted by Crippen LogP contribution is 2.16. The standard InChI is InChI=1S/C18H23ClN4O/c1-22(2)11-12-23(14-15-7-4-3-5-8-15)18(21-24)20-17-10-6-9-16(19)13-17/h3-10,13,24H,11-12,14H2,1-2H3,(H,20,21). The van der Waals surface area contributed by atoms with Gasteiger partial charge in [-0.05, 0) is 37.9 Å². The Hall–Kier alpha value is -2.24. The highest BCUT2D eigenvalue weighted by molar-refractivity contribution is 6.30. The smallest absolute Gasteiger partial charge is 0.240 e. The molecule has 128 valence electrons. The summed E-state index contributed by atoms with van der Waals surface area (Å²) < 4.78 is 0. The van der Waals surface area contributed by atoms with E-state index in [1.54, 1.807) is 12.1 Å². The first-order valence-corrected chi connectivity index (χ1v) is 8.14. The molecule has 0 heterocycles. The summed E-state index contributed by atoms with van der Waals surface area (Å²) >= 11 is 6.02. The number of guanidine groups is 1. The second-order valence-corrected chi connectivity index (χ2v) is 6.21. The Morgan fingerprint density at radius 1 is 1.08 bits per heavy atom. The van der Waals surface area contributed by atoms with Crippen LogP contribution in [-0.2, 0) is 6.54 Å². The van der Waals surface area contributed by atoms with E-state index in [-0.39, 0.29) is 0 Å². The number of oxime groups is 1. The third-order valence-corrected chi connectivity index (χ3v) is 3.74. The monoisotopic (exact) mass is 346 g/mol. The molecule has 24 heavy (non-hydrogen) atoms. The highest BCUT2D eigenvalue weighted by Gasteiger charge is 2.14. The predicted molar refractivity (Wildman–Crippen MR) is 99.7 cm³/mol. The Balaban J connectivity index is 2.15. The number of likely N-dealkylation sites (N-methyl/N-ethyl adjacent to an activating group) is 1. The molecular weight excluding hydrogens is 324 g/mol. The number of nitrogens with one attached hydrogen (secondary N) is 1. The van der Waals surface area contributed by atoms with Crippen molar-refractivity contribution in [2.45, 2.75) is 6.54 Å². The lowest BCUT2D eigenvalue weighted by molar-refractivity contribution is 0.284. The van der Waals surface area contributed by atoms with E-state index in [0.717, 1.165) is 24.3 Å². The maximum Gasteiger partial charge on any atom is 0.240 e. The molecule has 2 aromatic rings. The number of nitrogens with zero attached hydrogens (tertiary/aromatic N) is 3. The zero-order chi connectivity index (χ0) is 17.4. The van der Waals surface area contributed by atoms with E-state index < -0.39 is 0 Å². The molecular formula is C18H23ClN4O. The van der Waals surface area contributed by atoms with Crippen LogP contribution in [0.4, 0.5) is 5.69 Å². The average Bonchev–Trinajstić information content (AvgIpc) is 2.57. The van der Waals surface area contributed by atoms with Crippen LogP contribution in [0.3, 0.4) is 0 Å². The van der Waals surface area contributed by atoms with Crippen LogP contribution in [0.2, 0.25) is 5.02 Å². The molecule has 0 unspecified atom stereocenters. The summed E-state index contributed by atoms with van der Waals surface area (Å²) in [6.07, 6.45) is 0. The molecule has 0 amide bonds. The first kappa shape index (κ1) is 18.1. The van der Waals surface area contributed by atoms with Gasteiger partial charge in [-0.1, -0.05) is 53.2 Å². The average molecular weight is 347 g/mol. The van der Waals surface area contributed by atoms with Crippen LogP contribution in [0.1, 0.15) is 5.56 Å². The third-order valence-electron chi connectivity index (χ3n) is 3.51. The lowest BCUT2D eigenvalue weighted by Gasteiger charge is -2.27. The molecule has 0 radical (unpaired) electrons. The molecule has 0 fully saturated rings. The first-order chi connectivity index (χ1) is 11.6. The number of hydrogen-bond acceptors (Lipinski definition) is 3. The minimum atomic E-state index is 0.392. The van der Waals surface area contributed by atoms with Gasteiger partial charge < -0.3 is 20.3 Å². The second kappa shape index (κ2) is 9.15. The lowest BCUT2D eigenvalue weighted by atomic mass is 10.2. The first-order valence-electron chi connectivity index (χ1n) is 7.76. The maximum absolute atomic E-state index is 9.51. The van der Waals surface area contributed by atoms with Crippen LogP contribution >= 0.6 is 11.6 Å². The van der Waals surface area contributed by atoms with Crippen LogP contribution in [0, 0.1) is 0 Å². The van der Waals surface area contributed by atoms with Crippen molar-refractivity contribution < 1.29 is 5.21 Å². The second-order valence-electron chi connectivity index (χ2n) is 5.77. The topological polar surface area (TPSA) is 51.1 Å². The van der Waals surface area contributed by atoms with Gasteiger partial charge >= 0.3 is 0 Å². The molecule has 2 aromatic carbocycles. The lowest BCUT2D eigenvalue weighted by Crippen LogP contribution is -2.40. The van der Waals surface area contributed by atoms with Crippen molar-refractivity contribution >= 4 is 23.2 Å². The van der Waals surface area contributed by atoms with Crippen molar-refractivity contribution in [3.05, 3.63) is 65.2 Å². The van der Waals surface area contributed by atoms with E-state index in [9.17, 15) is 5.21 Å². The van der Waals surface area contributed by atoms with Gasteiger partial charge in [-0.15, -0.1) is 0 Å². The zero-order valence-electron chi connectivity index (χ0n) is 14.0. The molecule has 0 saturated carbocycles. The van der Waals surface area contributed by atoms with Gasteiger partial charge in [0.25, 0.3) is 0 Å². The van der Waals surface area contributed by atoms with E-state index in [4.69, 9.17) is 11.6 Å². The molecule has 0 atom stereocenters. The van der Waals surface area contributed by atoms with E-state index in [1.807, 2.05) is 49.3 Å². The van der Waals surface area contributed by atoms with Gasteiger partial charge in [0.2, 0.25) is 5.96 Å². The Morgan fingerprint density at radius 2 is 1.83 bits per heavy atom. The van der Waals surface area contributed by atoms with Gasteiger partial charge in [0.15, 0.2) is 0 Å². The molecule has 2 rings (SSSR count). The minimum absolute atomic E-state index is 0.392. The van der Waals surface area contributed by atoms with Crippen LogP contribution in [0.15, 0.2) is 59.8 Å². The normalized spacial score (nSPS) is 11.6. The number of rotatable bonds is 6. The van der Waals surface area contributed by atoms with Crippen LogP contribution < -0.4 is 5.32 Å². The van der Waals surface area contributed by atoms with Crippen molar-refractivity contribution in [2.24, 2.45) is 5.16 Å². The van der Waals surface area contributed by atoms with Crippen molar-refractivity contribution in [3.63, 3.8) is 0 Å². The molecule has 0 aliphatic heterocycles. The molecule has 6 heteroatoms. The molecule has 0 aliphatic carbocycles. The molecule has 0 saturated heterocycles. The predicted octanol–water partition coefficient (Wildman–Crippen LogP) is 3.56. The fourth-order valence-electron chi connectivity index (χ4n) is 2.25. The van der Waals surface area contributed by atoms with E-state index >= 15 is 0 Å². The number of halogens is 1. The van der Waals surface area contributed by atoms with Crippen LogP contribution in [0.5, 0.6) is 0 Å². The van der Waals surface area contributed by atoms with Crippen molar-refractivity contribution in [2.75, 3.05) is 32.5 Å². The number of hydrogen-bond donors (Lipinski definition) is 2. The molecule has 0 spiro atoms. The Bertz CT molecular complexity index is 661.